The molecular weight excluding hydrogens is 290 g/mol. The van der Waals surface area contributed by atoms with Crippen LogP contribution in [-0.4, -0.2) is 37.0 Å². The maximum absolute atomic E-state index is 11.9. The lowest BCUT2D eigenvalue weighted by Gasteiger charge is -2.28. The number of fused-ring (bicyclic) bond motifs is 2. The van der Waals surface area contributed by atoms with E-state index in [4.69, 9.17) is 0 Å². The first-order valence-electron chi connectivity index (χ1n) is 7.96. The SMILES string of the molecule is CCCNC(=O)CCNC(=O)CC1CC2CCC(C1)N2.Cl. The highest BCUT2D eigenvalue weighted by molar-refractivity contribution is 5.85. The van der Waals surface area contributed by atoms with Gasteiger partial charge in [-0.1, -0.05) is 6.92 Å². The summed E-state index contributed by atoms with van der Waals surface area (Å²) in [5.74, 6) is 0.634. The van der Waals surface area contributed by atoms with Crippen LogP contribution in [0, 0.1) is 5.92 Å². The number of piperidine rings is 1. The van der Waals surface area contributed by atoms with E-state index in [1.165, 1.54) is 12.8 Å². The van der Waals surface area contributed by atoms with Crippen molar-refractivity contribution in [1.29, 1.82) is 0 Å². The fourth-order valence-electron chi connectivity index (χ4n) is 3.34. The summed E-state index contributed by atoms with van der Waals surface area (Å²) in [4.78, 5) is 23.3. The van der Waals surface area contributed by atoms with Crippen molar-refractivity contribution < 1.29 is 9.59 Å². The zero-order valence-electron chi connectivity index (χ0n) is 12.8. The highest BCUT2D eigenvalue weighted by Crippen LogP contribution is 2.32. The molecule has 2 aliphatic heterocycles. The van der Waals surface area contributed by atoms with Crippen LogP contribution in [0.2, 0.25) is 0 Å². The highest BCUT2D eigenvalue weighted by atomic mass is 35.5. The number of halogens is 1. The van der Waals surface area contributed by atoms with Crippen molar-refractivity contribution in [2.24, 2.45) is 5.92 Å². The highest BCUT2D eigenvalue weighted by Gasteiger charge is 2.34. The predicted octanol–water partition coefficient (Wildman–Crippen LogP) is 1.36. The summed E-state index contributed by atoms with van der Waals surface area (Å²) in [5, 5.41) is 9.26. The van der Waals surface area contributed by atoms with Gasteiger partial charge in [-0.05, 0) is 38.0 Å². The first-order valence-corrected chi connectivity index (χ1v) is 7.96. The standard InChI is InChI=1S/C15H27N3O2.ClH/c1-2-6-16-14(19)5-7-17-15(20)10-11-8-12-3-4-13(9-11)18-12;/h11-13,18H,2-10H2,1H3,(H,16,19)(H,17,20);1H. The van der Waals surface area contributed by atoms with Crippen LogP contribution in [0.5, 0.6) is 0 Å². The Balaban J connectivity index is 0.00000220. The summed E-state index contributed by atoms with van der Waals surface area (Å²) in [6.07, 6.45) is 6.72. The van der Waals surface area contributed by atoms with Gasteiger partial charge in [-0.2, -0.15) is 0 Å². The maximum atomic E-state index is 11.9. The summed E-state index contributed by atoms with van der Waals surface area (Å²) in [5.41, 5.74) is 0. The third-order valence-electron chi connectivity index (χ3n) is 4.29. The number of amides is 2. The van der Waals surface area contributed by atoms with E-state index < -0.39 is 0 Å². The summed E-state index contributed by atoms with van der Waals surface area (Å²) < 4.78 is 0. The molecule has 2 heterocycles. The van der Waals surface area contributed by atoms with Crippen molar-refractivity contribution in [1.82, 2.24) is 16.0 Å². The molecule has 2 bridgehead atoms. The molecule has 21 heavy (non-hydrogen) atoms. The Hall–Kier alpha value is -0.810. The molecule has 2 rings (SSSR count). The van der Waals surface area contributed by atoms with E-state index in [1.54, 1.807) is 0 Å². The van der Waals surface area contributed by atoms with Crippen molar-refractivity contribution in [3.63, 3.8) is 0 Å². The second-order valence-electron chi connectivity index (χ2n) is 6.13. The molecule has 2 amide bonds. The number of nitrogens with one attached hydrogen (secondary N) is 3. The average Bonchev–Trinajstić information content (AvgIpc) is 2.75. The van der Waals surface area contributed by atoms with E-state index in [9.17, 15) is 9.59 Å². The normalized spacial score (nSPS) is 26.8. The molecule has 122 valence electrons. The average molecular weight is 318 g/mol. The minimum Gasteiger partial charge on any atom is -0.356 e. The molecule has 0 saturated carbocycles. The molecule has 0 aromatic carbocycles. The molecular formula is C15H28ClN3O2. The molecule has 0 spiro atoms. The Kier molecular flexibility index (Phi) is 8.04. The van der Waals surface area contributed by atoms with Crippen LogP contribution >= 0.6 is 12.4 Å². The zero-order valence-corrected chi connectivity index (χ0v) is 13.6. The number of carbonyl (C=O) groups is 2. The van der Waals surface area contributed by atoms with Gasteiger partial charge < -0.3 is 16.0 Å². The van der Waals surface area contributed by atoms with Gasteiger partial charge in [0.15, 0.2) is 0 Å². The monoisotopic (exact) mass is 317 g/mol. The van der Waals surface area contributed by atoms with Gasteiger partial charge in [0, 0.05) is 38.0 Å². The van der Waals surface area contributed by atoms with E-state index in [0.717, 1.165) is 19.3 Å². The Bertz CT molecular complexity index is 340. The molecule has 5 nitrogen and oxygen atoms in total. The fraction of sp³-hybridized carbons (Fsp3) is 0.867. The van der Waals surface area contributed by atoms with E-state index in [2.05, 4.69) is 16.0 Å². The largest absolute Gasteiger partial charge is 0.356 e. The molecule has 2 aliphatic rings. The van der Waals surface area contributed by atoms with Crippen LogP contribution < -0.4 is 16.0 Å². The zero-order chi connectivity index (χ0) is 14.4. The van der Waals surface area contributed by atoms with Crippen molar-refractivity contribution >= 4 is 24.2 Å². The first-order chi connectivity index (χ1) is 9.67. The van der Waals surface area contributed by atoms with Gasteiger partial charge in [-0.15, -0.1) is 12.4 Å². The Morgan fingerprint density at radius 1 is 1.05 bits per heavy atom. The third-order valence-corrected chi connectivity index (χ3v) is 4.29. The van der Waals surface area contributed by atoms with Gasteiger partial charge in [-0.3, -0.25) is 9.59 Å². The minimum absolute atomic E-state index is 0. The van der Waals surface area contributed by atoms with Crippen LogP contribution in [0.4, 0.5) is 0 Å². The van der Waals surface area contributed by atoms with E-state index in [-0.39, 0.29) is 24.2 Å². The summed E-state index contributed by atoms with van der Waals surface area (Å²) in [6.45, 7) is 3.19. The Morgan fingerprint density at radius 3 is 2.29 bits per heavy atom. The summed E-state index contributed by atoms with van der Waals surface area (Å²) >= 11 is 0. The smallest absolute Gasteiger partial charge is 0.221 e. The summed E-state index contributed by atoms with van der Waals surface area (Å²) in [6, 6.07) is 1.26. The maximum Gasteiger partial charge on any atom is 0.221 e. The van der Waals surface area contributed by atoms with E-state index in [0.29, 0.717) is 43.9 Å². The van der Waals surface area contributed by atoms with E-state index >= 15 is 0 Å². The second kappa shape index (κ2) is 9.26. The van der Waals surface area contributed by atoms with Gasteiger partial charge in [0.1, 0.15) is 0 Å². The van der Waals surface area contributed by atoms with Crippen molar-refractivity contribution in [3.05, 3.63) is 0 Å². The van der Waals surface area contributed by atoms with Crippen molar-refractivity contribution in [3.8, 4) is 0 Å². The predicted molar refractivity (Wildman–Crippen MR) is 85.5 cm³/mol. The van der Waals surface area contributed by atoms with Crippen LogP contribution in [0.25, 0.3) is 0 Å². The summed E-state index contributed by atoms with van der Waals surface area (Å²) in [7, 11) is 0. The van der Waals surface area contributed by atoms with Crippen molar-refractivity contribution in [2.75, 3.05) is 13.1 Å². The van der Waals surface area contributed by atoms with Gasteiger partial charge >= 0.3 is 0 Å². The molecule has 2 atom stereocenters. The number of carbonyl (C=O) groups excluding carboxylic acids is 2. The molecule has 0 aromatic heterocycles. The van der Waals surface area contributed by atoms with Gasteiger partial charge in [0.25, 0.3) is 0 Å². The van der Waals surface area contributed by atoms with Gasteiger partial charge in [0.05, 0.1) is 0 Å². The van der Waals surface area contributed by atoms with Crippen LogP contribution in [0.15, 0.2) is 0 Å². The lowest BCUT2D eigenvalue weighted by atomic mass is 9.89. The van der Waals surface area contributed by atoms with Gasteiger partial charge in [0.2, 0.25) is 11.8 Å². The Morgan fingerprint density at radius 2 is 1.67 bits per heavy atom. The molecule has 6 heteroatoms. The minimum atomic E-state index is 0. The van der Waals surface area contributed by atoms with Crippen LogP contribution in [0.3, 0.4) is 0 Å². The lowest BCUT2D eigenvalue weighted by Crippen LogP contribution is -2.40. The van der Waals surface area contributed by atoms with Crippen molar-refractivity contribution in [2.45, 2.75) is 64.0 Å². The first kappa shape index (κ1) is 18.2. The number of rotatable bonds is 7. The molecule has 0 aliphatic carbocycles. The molecule has 2 fully saturated rings. The number of hydrogen-bond acceptors (Lipinski definition) is 3. The second-order valence-corrected chi connectivity index (χ2v) is 6.13. The Labute approximate surface area is 133 Å². The lowest BCUT2D eigenvalue weighted by molar-refractivity contribution is -0.123. The van der Waals surface area contributed by atoms with Crippen LogP contribution in [-0.2, 0) is 9.59 Å². The van der Waals surface area contributed by atoms with E-state index in [1.807, 2.05) is 6.92 Å². The molecule has 2 saturated heterocycles. The number of hydrogen-bond donors (Lipinski definition) is 3. The quantitative estimate of drug-likeness (QED) is 0.664. The molecule has 3 N–H and O–H groups in total. The topological polar surface area (TPSA) is 70.2 Å². The third kappa shape index (κ3) is 6.22. The van der Waals surface area contributed by atoms with Gasteiger partial charge in [-0.25, -0.2) is 0 Å². The van der Waals surface area contributed by atoms with Crippen LogP contribution in [0.1, 0.15) is 51.9 Å². The fourth-order valence-corrected chi connectivity index (χ4v) is 3.34. The molecule has 0 radical (unpaired) electrons. The molecule has 0 aromatic rings. The molecule has 2 unspecified atom stereocenters.